The average molecular weight is 455 g/mol. The summed E-state index contributed by atoms with van der Waals surface area (Å²) in [6, 6.07) is 17.0. The molecule has 166 valence electrons. The first-order chi connectivity index (χ1) is 15.4. The number of sulfonamides is 1. The first-order valence-corrected chi connectivity index (χ1v) is 11.8. The highest BCUT2D eigenvalue weighted by atomic mass is 32.2. The van der Waals surface area contributed by atoms with E-state index in [1.54, 1.807) is 42.5 Å². The topological polar surface area (TPSA) is 75.7 Å². The molecule has 0 fully saturated rings. The molecule has 8 heteroatoms. The van der Waals surface area contributed by atoms with Crippen LogP contribution in [0, 0.1) is 5.82 Å². The fourth-order valence-electron chi connectivity index (χ4n) is 3.76. The van der Waals surface area contributed by atoms with Crippen molar-refractivity contribution in [1.82, 2.24) is 0 Å². The van der Waals surface area contributed by atoms with E-state index in [1.807, 2.05) is 6.92 Å². The van der Waals surface area contributed by atoms with Gasteiger partial charge in [-0.15, -0.1) is 0 Å². The van der Waals surface area contributed by atoms with E-state index < -0.39 is 15.8 Å². The van der Waals surface area contributed by atoms with Crippen LogP contribution in [0.3, 0.4) is 0 Å². The van der Waals surface area contributed by atoms with Crippen molar-refractivity contribution in [3.8, 4) is 5.75 Å². The fraction of sp³-hybridized carbons (Fsp3) is 0.208. The number of aryl methyl sites for hydroxylation is 1. The number of anilines is 2. The van der Waals surface area contributed by atoms with Crippen LogP contribution < -0.4 is 14.4 Å². The third-order valence-corrected chi connectivity index (χ3v) is 7.07. The van der Waals surface area contributed by atoms with Crippen molar-refractivity contribution < 1.29 is 22.3 Å². The summed E-state index contributed by atoms with van der Waals surface area (Å²) in [5.41, 5.74) is 2.37. The number of hydrogen-bond donors (Lipinski definition) is 1. The van der Waals surface area contributed by atoms with Crippen LogP contribution >= 0.6 is 0 Å². The number of halogens is 1. The number of hydrogen-bond acceptors (Lipinski definition) is 4. The molecule has 1 aliphatic rings. The van der Waals surface area contributed by atoms with Crippen molar-refractivity contribution >= 4 is 27.3 Å². The molecule has 0 aliphatic carbocycles. The van der Waals surface area contributed by atoms with E-state index in [2.05, 4.69) is 5.32 Å². The molecule has 3 aromatic carbocycles. The normalized spacial score (nSPS) is 13.4. The van der Waals surface area contributed by atoms with Gasteiger partial charge in [-0.1, -0.05) is 12.1 Å². The van der Waals surface area contributed by atoms with E-state index in [0.717, 1.165) is 17.7 Å². The minimum atomic E-state index is -3.82. The van der Waals surface area contributed by atoms with Crippen molar-refractivity contribution in [3.63, 3.8) is 0 Å². The van der Waals surface area contributed by atoms with Crippen molar-refractivity contribution in [3.05, 3.63) is 83.7 Å². The predicted molar refractivity (Wildman–Crippen MR) is 121 cm³/mol. The standard InChI is InChI=1S/C24H23FN2O4S/c1-2-31-23-8-4-3-7-21(23)24(28)26-19-11-14-22-17(16-19)6-5-15-27(22)32(29,30)20-12-9-18(25)10-13-20/h3-4,7-14,16H,2,5-6,15H2,1H3,(H,26,28). The van der Waals surface area contributed by atoms with Gasteiger partial charge in [0, 0.05) is 12.2 Å². The molecule has 1 amide bonds. The summed E-state index contributed by atoms with van der Waals surface area (Å²) in [4.78, 5) is 12.8. The molecule has 1 heterocycles. The Hall–Kier alpha value is -3.39. The molecule has 0 aromatic heterocycles. The molecule has 0 spiro atoms. The Morgan fingerprint density at radius 1 is 1.09 bits per heavy atom. The van der Waals surface area contributed by atoms with Gasteiger partial charge in [0.05, 0.1) is 22.8 Å². The average Bonchev–Trinajstić information content (AvgIpc) is 2.79. The highest BCUT2D eigenvalue weighted by molar-refractivity contribution is 7.92. The number of amides is 1. The highest BCUT2D eigenvalue weighted by Crippen LogP contribution is 2.34. The molecule has 0 bridgehead atoms. The van der Waals surface area contributed by atoms with E-state index in [-0.39, 0.29) is 10.8 Å². The summed E-state index contributed by atoms with van der Waals surface area (Å²) < 4.78 is 46.4. The summed E-state index contributed by atoms with van der Waals surface area (Å²) in [5, 5.41) is 2.87. The van der Waals surface area contributed by atoms with Crippen molar-refractivity contribution in [2.45, 2.75) is 24.7 Å². The number of rotatable bonds is 6. The molecule has 6 nitrogen and oxygen atoms in total. The largest absolute Gasteiger partial charge is 0.493 e. The van der Waals surface area contributed by atoms with Gasteiger partial charge in [0.25, 0.3) is 15.9 Å². The van der Waals surface area contributed by atoms with Crippen LogP contribution in [-0.4, -0.2) is 27.5 Å². The number of para-hydroxylation sites is 1. The number of fused-ring (bicyclic) bond motifs is 1. The SMILES string of the molecule is CCOc1ccccc1C(=O)Nc1ccc2c(c1)CCCN2S(=O)(=O)c1ccc(F)cc1. The Morgan fingerprint density at radius 2 is 1.84 bits per heavy atom. The third kappa shape index (κ3) is 4.31. The van der Waals surface area contributed by atoms with Crippen LogP contribution in [0.15, 0.2) is 71.6 Å². The molecule has 0 atom stereocenters. The lowest BCUT2D eigenvalue weighted by Crippen LogP contribution is -2.35. The Labute approximate surface area is 186 Å². The smallest absolute Gasteiger partial charge is 0.264 e. The number of nitrogens with one attached hydrogen (secondary N) is 1. The predicted octanol–water partition coefficient (Wildman–Crippen LogP) is 4.62. The summed E-state index contributed by atoms with van der Waals surface area (Å²) in [6.07, 6.45) is 1.32. The molecule has 3 aromatic rings. The van der Waals surface area contributed by atoms with Gasteiger partial charge in [-0.2, -0.15) is 0 Å². The minimum Gasteiger partial charge on any atom is -0.493 e. The zero-order valence-corrected chi connectivity index (χ0v) is 18.4. The number of ether oxygens (including phenoxy) is 1. The van der Waals surface area contributed by atoms with Gasteiger partial charge in [0.15, 0.2) is 0 Å². The fourth-order valence-corrected chi connectivity index (χ4v) is 5.30. The summed E-state index contributed by atoms with van der Waals surface area (Å²) in [7, 11) is -3.82. The molecule has 4 rings (SSSR count). The van der Waals surface area contributed by atoms with Crippen LogP contribution in [0.1, 0.15) is 29.3 Å². The minimum absolute atomic E-state index is 0.0386. The van der Waals surface area contributed by atoms with E-state index in [4.69, 9.17) is 4.74 Å². The van der Waals surface area contributed by atoms with Crippen molar-refractivity contribution in [1.29, 1.82) is 0 Å². The lowest BCUT2D eigenvalue weighted by molar-refractivity contribution is 0.102. The van der Waals surface area contributed by atoms with Gasteiger partial charge in [-0.25, -0.2) is 12.8 Å². The second kappa shape index (κ2) is 9.00. The molecular weight excluding hydrogens is 431 g/mol. The van der Waals surface area contributed by atoms with Gasteiger partial charge < -0.3 is 10.1 Å². The molecule has 1 N–H and O–H groups in total. The van der Waals surface area contributed by atoms with Crippen LogP contribution in [0.25, 0.3) is 0 Å². The maximum absolute atomic E-state index is 13.2. The zero-order valence-electron chi connectivity index (χ0n) is 17.5. The van der Waals surface area contributed by atoms with Crippen LogP contribution in [0.5, 0.6) is 5.75 Å². The summed E-state index contributed by atoms with van der Waals surface area (Å²) in [6.45, 7) is 2.63. The molecule has 0 radical (unpaired) electrons. The van der Waals surface area contributed by atoms with Gasteiger partial charge in [0.1, 0.15) is 11.6 Å². The van der Waals surface area contributed by atoms with Gasteiger partial charge in [-0.05, 0) is 79.9 Å². The second-order valence-electron chi connectivity index (χ2n) is 7.36. The van der Waals surface area contributed by atoms with Crippen LogP contribution in [0.2, 0.25) is 0 Å². The summed E-state index contributed by atoms with van der Waals surface area (Å²) in [5.74, 6) is -0.295. The van der Waals surface area contributed by atoms with E-state index in [1.165, 1.54) is 16.4 Å². The maximum Gasteiger partial charge on any atom is 0.264 e. The van der Waals surface area contributed by atoms with E-state index in [9.17, 15) is 17.6 Å². The third-order valence-electron chi connectivity index (χ3n) is 5.25. The molecular formula is C24H23FN2O4S. The molecule has 0 unspecified atom stereocenters. The van der Waals surface area contributed by atoms with Crippen LogP contribution in [-0.2, 0) is 16.4 Å². The molecule has 32 heavy (non-hydrogen) atoms. The second-order valence-corrected chi connectivity index (χ2v) is 9.22. The maximum atomic E-state index is 13.2. The Kier molecular flexibility index (Phi) is 6.14. The zero-order chi connectivity index (χ0) is 22.7. The Morgan fingerprint density at radius 3 is 2.59 bits per heavy atom. The summed E-state index contributed by atoms with van der Waals surface area (Å²) >= 11 is 0. The van der Waals surface area contributed by atoms with Crippen molar-refractivity contribution in [2.24, 2.45) is 0 Å². The quantitative estimate of drug-likeness (QED) is 0.590. The van der Waals surface area contributed by atoms with Gasteiger partial charge in [0.2, 0.25) is 0 Å². The number of nitrogens with zero attached hydrogens (tertiary/aromatic N) is 1. The van der Waals surface area contributed by atoms with Crippen molar-refractivity contribution in [2.75, 3.05) is 22.8 Å². The van der Waals surface area contributed by atoms with Gasteiger partial charge >= 0.3 is 0 Å². The Balaban J connectivity index is 1.60. The molecule has 0 saturated heterocycles. The van der Waals surface area contributed by atoms with E-state index in [0.29, 0.717) is 48.7 Å². The number of carbonyl (C=O) groups excluding carboxylic acids is 1. The van der Waals surface area contributed by atoms with Crippen LogP contribution in [0.4, 0.5) is 15.8 Å². The highest BCUT2D eigenvalue weighted by Gasteiger charge is 2.29. The van der Waals surface area contributed by atoms with E-state index >= 15 is 0 Å². The number of carbonyl (C=O) groups is 1. The Bertz CT molecular complexity index is 1240. The first-order valence-electron chi connectivity index (χ1n) is 10.3. The lowest BCUT2D eigenvalue weighted by atomic mass is 10.0. The molecule has 0 saturated carbocycles. The number of benzene rings is 3. The van der Waals surface area contributed by atoms with Gasteiger partial charge in [-0.3, -0.25) is 9.10 Å². The first kappa shape index (κ1) is 21.8. The monoisotopic (exact) mass is 454 g/mol. The lowest BCUT2D eigenvalue weighted by Gasteiger charge is -2.31. The molecule has 1 aliphatic heterocycles.